The van der Waals surface area contributed by atoms with Crippen LogP contribution < -0.4 is 11.1 Å². The fraction of sp³-hybridized carbons (Fsp3) is 0.619. The van der Waals surface area contributed by atoms with Crippen molar-refractivity contribution in [2.75, 3.05) is 44.6 Å². The molecule has 2 aliphatic rings. The third-order valence-electron chi connectivity index (χ3n) is 5.58. The summed E-state index contributed by atoms with van der Waals surface area (Å²) in [5.74, 6) is 1.12. The topological polar surface area (TPSA) is 74.0 Å². The van der Waals surface area contributed by atoms with Gasteiger partial charge in [-0.2, -0.15) is 0 Å². The van der Waals surface area contributed by atoms with Gasteiger partial charge in [-0.15, -0.1) is 24.0 Å². The summed E-state index contributed by atoms with van der Waals surface area (Å²) < 4.78 is 0. The Bertz CT molecular complexity index is 659. The summed E-state index contributed by atoms with van der Waals surface area (Å²) in [5.41, 5.74) is 9.41. The minimum Gasteiger partial charge on any atom is -0.370 e. The number of amides is 1. The first kappa shape index (κ1) is 22.9. The molecule has 0 spiro atoms. The van der Waals surface area contributed by atoms with Crippen LogP contribution in [0.25, 0.3) is 0 Å². The van der Waals surface area contributed by atoms with Gasteiger partial charge in [0.25, 0.3) is 0 Å². The smallest absolute Gasteiger partial charge is 0.225 e. The molecule has 3 N–H and O–H groups in total. The van der Waals surface area contributed by atoms with Crippen LogP contribution >= 0.6 is 24.0 Å². The minimum atomic E-state index is 0. The standard InChI is InChI=1S/C21H33N5O.HI/c1-16-13-17(2)15-19(14-16)24-21(22)23-7-8-25-9-11-26(12-10-25)20(27)18-5-3-4-6-18;/h13-15,18H,3-12H2,1-2H3,(H3,22,23,24);1H. The van der Waals surface area contributed by atoms with E-state index in [9.17, 15) is 4.79 Å². The number of rotatable bonds is 5. The number of hydrogen-bond donors (Lipinski definition) is 2. The third kappa shape index (κ3) is 6.62. The zero-order valence-corrected chi connectivity index (χ0v) is 19.4. The predicted octanol–water partition coefficient (Wildman–Crippen LogP) is 2.98. The highest BCUT2D eigenvalue weighted by atomic mass is 127. The van der Waals surface area contributed by atoms with Crippen molar-refractivity contribution < 1.29 is 4.79 Å². The molecule has 1 aromatic carbocycles. The zero-order valence-electron chi connectivity index (χ0n) is 17.1. The Morgan fingerprint density at radius 1 is 1.11 bits per heavy atom. The van der Waals surface area contributed by atoms with E-state index >= 15 is 0 Å². The Balaban J connectivity index is 0.00000280. The van der Waals surface area contributed by atoms with Gasteiger partial charge in [-0.05, 0) is 49.9 Å². The number of nitrogens with two attached hydrogens (primary N) is 1. The fourth-order valence-electron chi connectivity index (χ4n) is 4.17. The maximum absolute atomic E-state index is 12.5. The Kier molecular flexibility index (Phi) is 9.01. The van der Waals surface area contributed by atoms with Crippen LogP contribution in [0.15, 0.2) is 23.2 Å². The fourth-order valence-corrected chi connectivity index (χ4v) is 4.17. The van der Waals surface area contributed by atoms with E-state index in [0.717, 1.165) is 51.3 Å². The summed E-state index contributed by atoms with van der Waals surface area (Å²) in [6.45, 7) is 9.23. The SMILES string of the molecule is Cc1cc(C)cc(NC(N)=NCCN2CCN(C(=O)C3CCCC3)CC2)c1.I. The number of guanidine groups is 1. The van der Waals surface area contributed by atoms with Gasteiger partial charge in [0.15, 0.2) is 5.96 Å². The molecule has 7 heteroatoms. The van der Waals surface area contributed by atoms with Gasteiger partial charge in [0.05, 0.1) is 6.54 Å². The first-order valence-electron chi connectivity index (χ1n) is 10.2. The molecule has 1 heterocycles. The number of nitrogens with zero attached hydrogens (tertiary/aromatic N) is 3. The van der Waals surface area contributed by atoms with Crippen molar-refractivity contribution >= 4 is 41.5 Å². The molecule has 28 heavy (non-hydrogen) atoms. The molecule has 3 rings (SSSR count). The van der Waals surface area contributed by atoms with Gasteiger partial charge in [-0.3, -0.25) is 14.7 Å². The van der Waals surface area contributed by atoms with Crippen LogP contribution in [0.5, 0.6) is 0 Å². The summed E-state index contributed by atoms with van der Waals surface area (Å²) in [6.07, 6.45) is 4.60. The second-order valence-corrected chi connectivity index (χ2v) is 7.92. The highest BCUT2D eigenvalue weighted by Gasteiger charge is 2.29. The number of carbonyl (C=O) groups is 1. The number of benzene rings is 1. The summed E-state index contributed by atoms with van der Waals surface area (Å²) in [7, 11) is 0. The lowest BCUT2D eigenvalue weighted by Gasteiger charge is -2.35. The van der Waals surface area contributed by atoms with Crippen molar-refractivity contribution in [1.82, 2.24) is 9.80 Å². The van der Waals surface area contributed by atoms with Gasteiger partial charge in [0.1, 0.15) is 0 Å². The molecule has 0 atom stereocenters. The molecule has 156 valence electrons. The van der Waals surface area contributed by atoms with Crippen molar-refractivity contribution in [2.24, 2.45) is 16.6 Å². The predicted molar refractivity (Wildman–Crippen MR) is 126 cm³/mol. The molecular weight excluding hydrogens is 465 g/mol. The van der Waals surface area contributed by atoms with E-state index in [2.05, 4.69) is 52.2 Å². The molecule has 0 bridgehead atoms. The van der Waals surface area contributed by atoms with Crippen molar-refractivity contribution in [3.05, 3.63) is 29.3 Å². The van der Waals surface area contributed by atoms with Gasteiger partial charge in [0.2, 0.25) is 5.91 Å². The zero-order chi connectivity index (χ0) is 19.2. The molecular formula is C21H34IN5O. The third-order valence-corrected chi connectivity index (χ3v) is 5.58. The van der Waals surface area contributed by atoms with Crippen LogP contribution in [0.1, 0.15) is 36.8 Å². The van der Waals surface area contributed by atoms with Crippen LogP contribution in [-0.2, 0) is 4.79 Å². The van der Waals surface area contributed by atoms with E-state index in [0.29, 0.717) is 18.4 Å². The molecule has 0 aromatic heterocycles. The van der Waals surface area contributed by atoms with Gasteiger partial charge in [-0.25, -0.2) is 0 Å². The normalized spacial score (nSPS) is 18.8. The maximum Gasteiger partial charge on any atom is 0.225 e. The number of piperazine rings is 1. The van der Waals surface area contributed by atoms with Crippen molar-refractivity contribution in [1.29, 1.82) is 0 Å². The van der Waals surface area contributed by atoms with Crippen LogP contribution in [0.4, 0.5) is 5.69 Å². The quantitative estimate of drug-likeness (QED) is 0.371. The van der Waals surface area contributed by atoms with Crippen LogP contribution in [0.2, 0.25) is 0 Å². The van der Waals surface area contributed by atoms with Gasteiger partial charge in [-0.1, -0.05) is 18.9 Å². The molecule has 0 radical (unpaired) electrons. The Labute approximate surface area is 186 Å². The van der Waals surface area contributed by atoms with Crippen molar-refractivity contribution in [2.45, 2.75) is 39.5 Å². The Morgan fingerprint density at radius 2 is 1.71 bits per heavy atom. The average molecular weight is 499 g/mol. The lowest BCUT2D eigenvalue weighted by Crippen LogP contribution is -2.50. The second-order valence-electron chi connectivity index (χ2n) is 7.92. The van der Waals surface area contributed by atoms with Gasteiger partial charge >= 0.3 is 0 Å². The van der Waals surface area contributed by atoms with Crippen LogP contribution in [0, 0.1) is 19.8 Å². The van der Waals surface area contributed by atoms with Crippen LogP contribution in [0.3, 0.4) is 0 Å². The van der Waals surface area contributed by atoms with Gasteiger partial charge < -0.3 is 16.0 Å². The largest absolute Gasteiger partial charge is 0.370 e. The summed E-state index contributed by atoms with van der Waals surface area (Å²) in [6, 6.07) is 6.27. The molecule has 1 amide bonds. The lowest BCUT2D eigenvalue weighted by molar-refractivity contribution is -0.137. The number of anilines is 1. The first-order valence-corrected chi connectivity index (χ1v) is 10.2. The number of nitrogens with one attached hydrogen (secondary N) is 1. The monoisotopic (exact) mass is 499 g/mol. The van der Waals surface area contributed by atoms with Gasteiger partial charge in [0, 0.05) is 44.3 Å². The Morgan fingerprint density at radius 3 is 2.32 bits per heavy atom. The average Bonchev–Trinajstić information content (AvgIpc) is 3.15. The van der Waals surface area contributed by atoms with E-state index in [1.54, 1.807) is 0 Å². The van der Waals surface area contributed by atoms with E-state index in [1.165, 1.54) is 24.0 Å². The van der Waals surface area contributed by atoms with E-state index in [-0.39, 0.29) is 29.9 Å². The molecule has 1 saturated heterocycles. The Hall–Kier alpha value is -1.35. The molecule has 1 aliphatic carbocycles. The molecule has 6 nitrogen and oxygen atoms in total. The molecule has 1 aromatic rings. The number of carbonyl (C=O) groups excluding carboxylic acids is 1. The van der Waals surface area contributed by atoms with E-state index in [4.69, 9.17) is 5.73 Å². The summed E-state index contributed by atoms with van der Waals surface area (Å²) in [4.78, 5) is 21.4. The van der Waals surface area contributed by atoms with E-state index in [1.807, 2.05) is 0 Å². The summed E-state index contributed by atoms with van der Waals surface area (Å²) >= 11 is 0. The van der Waals surface area contributed by atoms with Crippen LogP contribution in [-0.4, -0.2) is 60.9 Å². The highest BCUT2D eigenvalue weighted by Crippen LogP contribution is 2.26. The van der Waals surface area contributed by atoms with Crippen molar-refractivity contribution in [3.63, 3.8) is 0 Å². The van der Waals surface area contributed by atoms with E-state index < -0.39 is 0 Å². The second kappa shape index (κ2) is 11.0. The number of aliphatic imine (C=N–C) groups is 1. The highest BCUT2D eigenvalue weighted by molar-refractivity contribution is 14.0. The number of hydrogen-bond acceptors (Lipinski definition) is 3. The summed E-state index contributed by atoms with van der Waals surface area (Å²) in [5, 5.41) is 3.17. The minimum absolute atomic E-state index is 0. The molecule has 1 aliphatic heterocycles. The number of halogens is 1. The van der Waals surface area contributed by atoms with Crippen molar-refractivity contribution in [3.8, 4) is 0 Å². The number of aryl methyl sites for hydroxylation is 2. The molecule has 1 saturated carbocycles. The first-order chi connectivity index (χ1) is 13.0. The molecule has 2 fully saturated rings. The molecule has 0 unspecified atom stereocenters. The maximum atomic E-state index is 12.5. The lowest BCUT2D eigenvalue weighted by atomic mass is 10.1.